The van der Waals surface area contributed by atoms with Gasteiger partial charge in [0.05, 0.1) is 0 Å². The van der Waals surface area contributed by atoms with Crippen LogP contribution < -0.4 is 5.32 Å². The van der Waals surface area contributed by atoms with Crippen LogP contribution in [-0.2, 0) is 0 Å². The normalized spacial score (nSPS) is 39.0. The minimum Gasteiger partial charge on any atom is -0.313 e. The third-order valence-electron chi connectivity index (χ3n) is 4.92. The van der Waals surface area contributed by atoms with Gasteiger partial charge < -0.3 is 5.32 Å². The fraction of sp³-hybridized carbons (Fsp3) is 1.00. The molecule has 0 aliphatic heterocycles. The maximum Gasteiger partial charge on any atom is 0.00700 e. The van der Waals surface area contributed by atoms with Crippen molar-refractivity contribution in [3.8, 4) is 0 Å². The lowest BCUT2D eigenvalue weighted by molar-refractivity contribution is 0.252. The van der Waals surface area contributed by atoms with Crippen molar-refractivity contribution >= 4 is 0 Å². The molecule has 0 amide bonds. The smallest absolute Gasteiger partial charge is 0.00700 e. The van der Waals surface area contributed by atoms with E-state index in [1.165, 1.54) is 57.9 Å². The Morgan fingerprint density at radius 2 is 1.87 bits per heavy atom. The van der Waals surface area contributed by atoms with Gasteiger partial charge >= 0.3 is 0 Å². The minimum atomic E-state index is 0.687. The van der Waals surface area contributed by atoms with Crippen molar-refractivity contribution in [2.24, 2.45) is 17.3 Å². The third-order valence-corrected chi connectivity index (χ3v) is 4.92. The molecule has 3 aliphatic rings. The van der Waals surface area contributed by atoms with Crippen molar-refractivity contribution in [1.29, 1.82) is 0 Å². The molecule has 1 nitrogen and oxygen atoms in total. The first-order chi connectivity index (χ1) is 7.25. The molecule has 0 aromatic carbocycles. The molecule has 0 spiro atoms. The van der Waals surface area contributed by atoms with Gasteiger partial charge in [0.15, 0.2) is 0 Å². The van der Waals surface area contributed by atoms with E-state index in [-0.39, 0.29) is 0 Å². The SMILES string of the molecule is CC1(CNC2CCCC(C3CC3)C2)CC1. The number of nitrogens with one attached hydrogen (secondary N) is 1. The van der Waals surface area contributed by atoms with E-state index in [1.54, 1.807) is 0 Å². The van der Waals surface area contributed by atoms with E-state index in [0.717, 1.165) is 17.9 Å². The monoisotopic (exact) mass is 207 g/mol. The summed E-state index contributed by atoms with van der Waals surface area (Å²) >= 11 is 0. The highest BCUT2D eigenvalue weighted by Gasteiger charge is 2.39. The number of hydrogen-bond acceptors (Lipinski definition) is 1. The lowest BCUT2D eigenvalue weighted by atomic mass is 9.82. The predicted octanol–water partition coefficient (Wildman–Crippen LogP) is 3.34. The summed E-state index contributed by atoms with van der Waals surface area (Å²) in [4.78, 5) is 0. The quantitative estimate of drug-likeness (QED) is 0.745. The molecule has 3 rings (SSSR count). The van der Waals surface area contributed by atoms with Crippen LogP contribution in [0, 0.1) is 17.3 Å². The molecule has 2 atom stereocenters. The molecule has 0 bridgehead atoms. The van der Waals surface area contributed by atoms with Gasteiger partial charge in [-0.3, -0.25) is 0 Å². The van der Waals surface area contributed by atoms with E-state index in [9.17, 15) is 0 Å². The van der Waals surface area contributed by atoms with E-state index in [0.29, 0.717) is 5.41 Å². The maximum atomic E-state index is 3.84. The van der Waals surface area contributed by atoms with E-state index in [4.69, 9.17) is 0 Å². The van der Waals surface area contributed by atoms with Crippen LogP contribution in [0.5, 0.6) is 0 Å². The largest absolute Gasteiger partial charge is 0.313 e. The summed E-state index contributed by atoms with van der Waals surface area (Å²) in [5.74, 6) is 2.22. The summed E-state index contributed by atoms with van der Waals surface area (Å²) in [6.45, 7) is 3.72. The summed E-state index contributed by atoms with van der Waals surface area (Å²) in [6, 6.07) is 0.863. The molecule has 0 aromatic heterocycles. The molecular weight excluding hydrogens is 182 g/mol. The summed E-state index contributed by atoms with van der Waals surface area (Å²) < 4.78 is 0. The topological polar surface area (TPSA) is 12.0 Å². The molecular formula is C14H25N. The molecule has 3 aliphatic carbocycles. The average Bonchev–Trinajstić information content (AvgIpc) is 3.11. The molecule has 15 heavy (non-hydrogen) atoms. The molecule has 86 valence electrons. The second kappa shape index (κ2) is 3.76. The third kappa shape index (κ3) is 2.55. The number of hydrogen-bond donors (Lipinski definition) is 1. The van der Waals surface area contributed by atoms with Crippen LogP contribution in [0.1, 0.15) is 58.3 Å². The summed E-state index contributed by atoms with van der Waals surface area (Å²) in [5.41, 5.74) is 0.687. The molecule has 2 unspecified atom stereocenters. The van der Waals surface area contributed by atoms with Gasteiger partial charge in [-0.25, -0.2) is 0 Å². The van der Waals surface area contributed by atoms with Gasteiger partial charge in [0, 0.05) is 12.6 Å². The Morgan fingerprint density at radius 3 is 2.53 bits per heavy atom. The first kappa shape index (κ1) is 10.1. The van der Waals surface area contributed by atoms with Gasteiger partial charge in [0.25, 0.3) is 0 Å². The van der Waals surface area contributed by atoms with Gasteiger partial charge in [-0.2, -0.15) is 0 Å². The summed E-state index contributed by atoms with van der Waals surface area (Å²) in [6.07, 6.45) is 11.9. The Balaban J connectivity index is 1.44. The van der Waals surface area contributed by atoms with Crippen LogP contribution in [0.3, 0.4) is 0 Å². The fourth-order valence-electron chi connectivity index (χ4n) is 3.19. The van der Waals surface area contributed by atoms with Crippen molar-refractivity contribution in [2.75, 3.05) is 6.54 Å². The van der Waals surface area contributed by atoms with Crippen molar-refractivity contribution in [3.05, 3.63) is 0 Å². The number of rotatable bonds is 4. The zero-order valence-corrected chi connectivity index (χ0v) is 10.1. The van der Waals surface area contributed by atoms with E-state index < -0.39 is 0 Å². The molecule has 0 aromatic rings. The van der Waals surface area contributed by atoms with Gasteiger partial charge in [-0.1, -0.05) is 19.8 Å². The standard InChI is InChI=1S/C14H25N/c1-14(7-8-14)10-15-13-4-2-3-12(9-13)11-5-6-11/h11-13,15H,2-10H2,1H3. The minimum absolute atomic E-state index is 0.687. The highest BCUT2D eigenvalue weighted by molar-refractivity contribution is 4.93. The van der Waals surface area contributed by atoms with E-state index >= 15 is 0 Å². The molecule has 1 N–H and O–H groups in total. The Morgan fingerprint density at radius 1 is 1.07 bits per heavy atom. The first-order valence-electron chi connectivity index (χ1n) is 6.99. The van der Waals surface area contributed by atoms with Crippen molar-refractivity contribution < 1.29 is 0 Å². The average molecular weight is 207 g/mol. The van der Waals surface area contributed by atoms with Gasteiger partial charge in [-0.15, -0.1) is 0 Å². The lowest BCUT2D eigenvalue weighted by Crippen LogP contribution is -2.37. The first-order valence-corrected chi connectivity index (χ1v) is 6.99. The molecule has 0 heterocycles. The van der Waals surface area contributed by atoms with Crippen LogP contribution >= 0.6 is 0 Å². The van der Waals surface area contributed by atoms with Crippen molar-refractivity contribution in [3.63, 3.8) is 0 Å². The Kier molecular flexibility index (Phi) is 2.54. The van der Waals surface area contributed by atoms with Gasteiger partial charge in [0.2, 0.25) is 0 Å². The van der Waals surface area contributed by atoms with Crippen LogP contribution in [0.25, 0.3) is 0 Å². The van der Waals surface area contributed by atoms with Crippen LogP contribution in [0.2, 0.25) is 0 Å². The van der Waals surface area contributed by atoms with E-state index in [1.807, 2.05) is 0 Å². The highest BCUT2D eigenvalue weighted by atomic mass is 14.9. The van der Waals surface area contributed by atoms with Crippen molar-refractivity contribution in [1.82, 2.24) is 5.32 Å². The molecule has 0 saturated heterocycles. The maximum absolute atomic E-state index is 3.84. The Bertz CT molecular complexity index is 227. The predicted molar refractivity (Wildman–Crippen MR) is 63.8 cm³/mol. The molecule has 3 fully saturated rings. The van der Waals surface area contributed by atoms with Crippen LogP contribution in [-0.4, -0.2) is 12.6 Å². The van der Waals surface area contributed by atoms with Gasteiger partial charge in [-0.05, 0) is 55.8 Å². The Labute approximate surface area is 94.0 Å². The Hall–Kier alpha value is -0.0400. The summed E-state index contributed by atoms with van der Waals surface area (Å²) in [5, 5.41) is 3.84. The van der Waals surface area contributed by atoms with Crippen LogP contribution in [0.15, 0.2) is 0 Å². The molecule has 1 heteroatoms. The lowest BCUT2D eigenvalue weighted by Gasteiger charge is -2.30. The van der Waals surface area contributed by atoms with E-state index in [2.05, 4.69) is 12.2 Å². The summed E-state index contributed by atoms with van der Waals surface area (Å²) in [7, 11) is 0. The van der Waals surface area contributed by atoms with Crippen molar-refractivity contribution in [2.45, 2.75) is 64.3 Å². The zero-order chi connectivity index (χ0) is 10.3. The van der Waals surface area contributed by atoms with Gasteiger partial charge in [0.1, 0.15) is 0 Å². The second-order valence-electron chi connectivity index (χ2n) is 6.65. The molecule has 3 saturated carbocycles. The fourth-order valence-corrected chi connectivity index (χ4v) is 3.19. The zero-order valence-electron chi connectivity index (χ0n) is 10.1. The molecule has 0 radical (unpaired) electrons. The highest BCUT2D eigenvalue weighted by Crippen LogP contribution is 2.46. The second-order valence-corrected chi connectivity index (χ2v) is 6.65. The van der Waals surface area contributed by atoms with Crippen LogP contribution in [0.4, 0.5) is 0 Å².